The second-order valence-corrected chi connectivity index (χ2v) is 9.51. The lowest BCUT2D eigenvalue weighted by Crippen LogP contribution is -2.51. The van der Waals surface area contributed by atoms with Gasteiger partial charge in [-0.3, -0.25) is 9.10 Å². The van der Waals surface area contributed by atoms with Gasteiger partial charge >= 0.3 is 0 Å². The predicted molar refractivity (Wildman–Crippen MR) is 115 cm³/mol. The van der Waals surface area contributed by atoms with Crippen molar-refractivity contribution in [1.29, 1.82) is 0 Å². The number of para-hydroxylation sites is 1. The molecule has 2 aromatic rings. The predicted octanol–water partition coefficient (Wildman–Crippen LogP) is 3.89. The molecule has 1 amide bonds. The minimum Gasteiger partial charge on any atom is -0.457 e. The Balaban J connectivity index is 1.79. The molecule has 156 valence electrons. The van der Waals surface area contributed by atoms with Crippen LogP contribution in [0.3, 0.4) is 0 Å². The first-order valence-electron chi connectivity index (χ1n) is 9.87. The topological polar surface area (TPSA) is 66.9 Å². The van der Waals surface area contributed by atoms with E-state index >= 15 is 0 Å². The van der Waals surface area contributed by atoms with Gasteiger partial charge in [0.1, 0.15) is 17.5 Å². The van der Waals surface area contributed by atoms with Gasteiger partial charge in [0.2, 0.25) is 15.9 Å². The van der Waals surface area contributed by atoms with Gasteiger partial charge in [-0.25, -0.2) is 8.42 Å². The van der Waals surface area contributed by atoms with Crippen molar-refractivity contribution in [3.05, 3.63) is 54.6 Å². The monoisotopic (exact) mass is 416 g/mol. The van der Waals surface area contributed by atoms with Crippen molar-refractivity contribution in [2.45, 2.75) is 32.7 Å². The van der Waals surface area contributed by atoms with Crippen molar-refractivity contribution in [2.24, 2.45) is 5.92 Å². The Morgan fingerprint density at radius 1 is 1.03 bits per heavy atom. The molecular formula is C22H28N2O4S. The van der Waals surface area contributed by atoms with Crippen LogP contribution < -0.4 is 9.04 Å². The summed E-state index contributed by atoms with van der Waals surface area (Å²) in [6, 6.07) is 15.3. The van der Waals surface area contributed by atoms with Gasteiger partial charge in [0, 0.05) is 13.1 Å². The van der Waals surface area contributed by atoms with E-state index in [9.17, 15) is 13.2 Å². The molecule has 0 aromatic heterocycles. The Hall–Kier alpha value is -2.54. The Morgan fingerprint density at radius 3 is 2.14 bits per heavy atom. The van der Waals surface area contributed by atoms with Gasteiger partial charge in [-0.15, -0.1) is 0 Å². The van der Waals surface area contributed by atoms with Crippen LogP contribution in [-0.4, -0.2) is 44.6 Å². The van der Waals surface area contributed by atoms with E-state index in [4.69, 9.17) is 4.74 Å². The van der Waals surface area contributed by atoms with Crippen LogP contribution in [0.1, 0.15) is 26.7 Å². The number of piperidine rings is 1. The number of hydrogen-bond donors (Lipinski definition) is 0. The fourth-order valence-corrected chi connectivity index (χ4v) is 4.75. The summed E-state index contributed by atoms with van der Waals surface area (Å²) in [6.07, 6.45) is 3.02. The van der Waals surface area contributed by atoms with E-state index in [1.807, 2.05) is 30.3 Å². The highest BCUT2D eigenvalue weighted by Gasteiger charge is 2.33. The summed E-state index contributed by atoms with van der Waals surface area (Å²) < 4.78 is 32.0. The van der Waals surface area contributed by atoms with Crippen LogP contribution in [0.5, 0.6) is 11.5 Å². The zero-order valence-electron chi connectivity index (χ0n) is 17.1. The summed E-state index contributed by atoms with van der Waals surface area (Å²) in [5, 5.41) is 0. The first-order valence-corrected chi connectivity index (χ1v) is 11.7. The van der Waals surface area contributed by atoms with E-state index in [2.05, 4.69) is 6.92 Å². The number of likely N-dealkylation sites (tertiary alicyclic amines) is 1. The Labute approximate surface area is 173 Å². The van der Waals surface area contributed by atoms with E-state index in [0.29, 0.717) is 36.2 Å². The molecule has 3 rings (SSSR count). The minimum atomic E-state index is -3.64. The molecule has 0 bridgehead atoms. The number of anilines is 1. The summed E-state index contributed by atoms with van der Waals surface area (Å²) in [7, 11) is -3.64. The molecule has 0 saturated carbocycles. The maximum atomic E-state index is 13.0. The lowest BCUT2D eigenvalue weighted by Gasteiger charge is -2.36. The molecule has 1 aliphatic rings. The number of ether oxygens (including phenoxy) is 1. The highest BCUT2D eigenvalue weighted by atomic mass is 32.2. The molecule has 1 aliphatic heterocycles. The Kier molecular flexibility index (Phi) is 6.47. The fourth-order valence-electron chi connectivity index (χ4n) is 3.58. The van der Waals surface area contributed by atoms with Crippen LogP contribution in [0.4, 0.5) is 5.69 Å². The zero-order valence-corrected chi connectivity index (χ0v) is 17.9. The van der Waals surface area contributed by atoms with Crippen LogP contribution in [0.25, 0.3) is 0 Å². The molecule has 1 atom stereocenters. The molecule has 0 spiro atoms. The number of hydrogen-bond acceptors (Lipinski definition) is 4. The number of amides is 1. The average molecular weight is 417 g/mol. The van der Waals surface area contributed by atoms with Crippen LogP contribution in [-0.2, 0) is 14.8 Å². The largest absolute Gasteiger partial charge is 0.457 e. The average Bonchev–Trinajstić information content (AvgIpc) is 2.69. The van der Waals surface area contributed by atoms with Gasteiger partial charge in [-0.1, -0.05) is 25.1 Å². The van der Waals surface area contributed by atoms with Crippen molar-refractivity contribution in [3.8, 4) is 11.5 Å². The summed E-state index contributed by atoms with van der Waals surface area (Å²) in [6.45, 7) is 5.17. The standard InChI is InChI=1S/C22H28N2O4S/c1-17-13-15-23(16-14-17)22(25)18(2)24(29(3,26)27)19-9-11-21(12-10-19)28-20-7-5-4-6-8-20/h4-12,17-18H,13-16H2,1-3H3/t18-/m0/s1. The van der Waals surface area contributed by atoms with Crippen molar-refractivity contribution < 1.29 is 17.9 Å². The van der Waals surface area contributed by atoms with E-state index in [-0.39, 0.29) is 5.91 Å². The maximum absolute atomic E-state index is 13.0. The van der Waals surface area contributed by atoms with E-state index in [1.54, 1.807) is 36.1 Å². The van der Waals surface area contributed by atoms with Crippen LogP contribution in [0.2, 0.25) is 0 Å². The van der Waals surface area contributed by atoms with Gasteiger partial charge in [0.25, 0.3) is 0 Å². The van der Waals surface area contributed by atoms with Crippen molar-refractivity contribution in [3.63, 3.8) is 0 Å². The van der Waals surface area contributed by atoms with E-state index < -0.39 is 16.1 Å². The number of carbonyl (C=O) groups is 1. The minimum absolute atomic E-state index is 0.160. The van der Waals surface area contributed by atoms with Gasteiger partial charge in [0.15, 0.2) is 0 Å². The van der Waals surface area contributed by atoms with Crippen LogP contribution in [0, 0.1) is 5.92 Å². The molecule has 0 unspecified atom stereocenters. The number of benzene rings is 2. The highest BCUT2D eigenvalue weighted by Crippen LogP contribution is 2.28. The van der Waals surface area contributed by atoms with Crippen molar-refractivity contribution in [2.75, 3.05) is 23.7 Å². The Morgan fingerprint density at radius 2 is 1.59 bits per heavy atom. The van der Waals surface area contributed by atoms with Gasteiger partial charge < -0.3 is 9.64 Å². The molecule has 29 heavy (non-hydrogen) atoms. The van der Waals surface area contributed by atoms with E-state index in [0.717, 1.165) is 19.1 Å². The number of nitrogens with zero attached hydrogens (tertiary/aromatic N) is 2. The summed E-state index contributed by atoms with van der Waals surface area (Å²) in [5.41, 5.74) is 0.444. The maximum Gasteiger partial charge on any atom is 0.246 e. The second kappa shape index (κ2) is 8.86. The molecule has 2 aromatic carbocycles. The molecule has 0 aliphatic carbocycles. The third-order valence-corrected chi connectivity index (χ3v) is 6.47. The smallest absolute Gasteiger partial charge is 0.246 e. The molecule has 0 radical (unpaired) electrons. The van der Waals surface area contributed by atoms with Gasteiger partial charge in [-0.2, -0.15) is 0 Å². The van der Waals surface area contributed by atoms with Crippen molar-refractivity contribution >= 4 is 21.6 Å². The van der Waals surface area contributed by atoms with Crippen LogP contribution >= 0.6 is 0 Å². The zero-order chi connectivity index (χ0) is 21.0. The Bertz CT molecular complexity index is 921. The normalized spacial score (nSPS) is 16.3. The SMILES string of the molecule is CC1CCN(C(=O)[C@H](C)N(c2ccc(Oc3ccccc3)cc2)S(C)(=O)=O)CC1. The van der Waals surface area contributed by atoms with Gasteiger partial charge in [-0.05, 0) is 62.1 Å². The first kappa shape index (κ1) is 21.2. The summed E-state index contributed by atoms with van der Waals surface area (Å²) >= 11 is 0. The second-order valence-electron chi connectivity index (χ2n) is 7.65. The quantitative estimate of drug-likeness (QED) is 0.716. The number of sulfonamides is 1. The molecule has 1 heterocycles. The highest BCUT2D eigenvalue weighted by molar-refractivity contribution is 7.92. The third kappa shape index (κ3) is 5.29. The third-order valence-electron chi connectivity index (χ3n) is 5.23. The van der Waals surface area contributed by atoms with Crippen molar-refractivity contribution in [1.82, 2.24) is 4.90 Å². The molecule has 6 nitrogen and oxygen atoms in total. The lowest BCUT2D eigenvalue weighted by atomic mass is 9.99. The van der Waals surface area contributed by atoms with E-state index in [1.165, 1.54) is 4.31 Å². The molecule has 7 heteroatoms. The fraction of sp³-hybridized carbons (Fsp3) is 0.409. The summed E-state index contributed by atoms with van der Waals surface area (Å²) in [5.74, 6) is 1.73. The van der Waals surface area contributed by atoms with Gasteiger partial charge in [0.05, 0.1) is 11.9 Å². The number of rotatable bonds is 6. The molecular weight excluding hydrogens is 388 g/mol. The molecule has 1 fully saturated rings. The first-order chi connectivity index (χ1) is 13.8. The van der Waals surface area contributed by atoms with Crippen LogP contribution in [0.15, 0.2) is 54.6 Å². The molecule has 1 saturated heterocycles. The number of carbonyl (C=O) groups excluding carboxylic acids is 1. The summed E-state index contributed by atoms with van der Waals surface area (Å²) in [4.78, 5) is 14.7. The lowest BCUT2D eigenvalue weighted by molar-refractivity contribution is -0.133. The molecule has 0 N–H and O–H groups in total.